The van der Waals surface area contributed by atoms with E-state index in [1.807, 2.05) is 24.5 Å². The number of nitrogens with two attached hydrogens (primary N) is 4. The maximum absolute atomic E-state index is 5.50. The van der Waals surface area contributed by atoms with E-state index in [-0.39, 0.29) is 75.4 Å². The van der Waals surface area contributed by atoms with E-state index in [1.54, 1.807) is 0 Å². The number of rotatable bonds is 0. The van der Waals surface area contributed by atoms with Crippen molar-refractivity contribution in [1.82, 2.24) is 0 Å². The number of hydrogen-bond donors (Lipinski definition) is 0. The third-order valence-corrected chi connectivity index (χ3v) is 0. The van der Waals surface area contributed by atoms with E-state index < -0.39 is 0 Å². The monoisotopic (exact) mass is 100 g/mol. The van der Waals surface area contributed by atoms with Crippen LogP contribution in [-0.2, 0) is 0 Å². The van der Waals surface area contributed by atoms with E-state index in [4.69, 9.17) is 11.3 Å². The zero-order valence-electron chi connectivity index (χ0n) is 13.8. The summed E-state index contributed by atoms with van der Waals surface area (Å²) < 4.78 is 44.0. The Labute approximate surface area is 111 Å². The van der Waals surface area contributed by atoms with Gasteiger partial charge in [-0.15, -0.1) is 0 Å². The Morgan fingerprint density at radius 2 is 0.625 bits per heavy atom. The molecule has 4 nitrogen and oxygen atoms in total. The molecule has 32 valence electrons. The fourth-order valence-electron chi connectivity index (χ4n) is 0. The Morgan fingerprint density at radius 1 is 0.625 bits per heavy atom. The summed E-state index contributed by atoms with van der Waals surface area (Å²) in [5, 5.41) is 0. The van der Waals surface area contributed by atoms with Crippen molar-refractivity contribution in [2.24, 2.45) is 0 Å². The quantitative estimate of drug-likeness (QED) is 0.267. The zero-order valence-corrected chi connectivity index (χ0v) is 5.79. The Balaban J connectivity index is -0.00000000821. The first-order valence-electron chi connectivity index (χ1n) is 3.58. The van der Waals surface area contributed by atoms with Gasteiger partial charge in [0.1, 0.15) is 0 Å². The van der Waals surface area contributed by atoms with Gasteiger partial charge in [-0.25, -0.2) is 0 Å². The van der Waals surface area contributed by atoms with Crippen molar-refractivity contribution >= 4 is 0 Å². The van der Waals surface area contributed by atoms with Crippen LogP contribution < -0.4 is 75.4 Å². The molecule has 0 aliphatic carbocycles. The van der Waals surface area contributed by atoms with Gasteiger partial charge in [0.2, 0.25) is 0 Å². The Kier molecular flexibility index (Phi) is 131. The molecule has 0 aliphatic heterocycles. The molecule has 0 rings (SSSR count). The maximum Gasteiger partial charge on any atom is 1.00 e. The van der Waals surface area contributed by atoms with Crippen molar-refractivity contribution in [2.45, 2.75) is 0 Å². The van der Waals surface area contributed by atoms with Crippen molar-refractivity contribution in [3.05, 3.63) is 24.5 Å². The fourth-order valence-corrected chi connectivity index (χ4v) is 0. The van der Waals surface area contributed by atoms with Gasteiger partial charge >= 0.3 is 75.4 Å². The van der Waals surface area contributed by atoms with Gasteiger partial charge in [0.25, 0.3) is 0 Å². The molecule has 0 radical (unpaired) electrons. The summed E-state index contributed by atoms with van der Waals surface area (Å²) in [7, 11) is 0. The largest absolute Gasteiger partial charge is 1.00 e. The summed E-state index contributed by atoms with van der Waals surface area (Å²) in [6, 6.07) is 0. The first-order chi connectivity index (χ1) is 5.66. The molecular formula is H8Li4N4. The average molecular weight is 99.9 g/mol. The second-order valence-electron chi connectivity index (χ2n) is 0. The molecule has 0 aromatic rings. The third-order valence-electron chi connectivity index (χ3n) is 0. The van der Waals surface area contributed by atoms with Crippen molar-refractivity contribution in [1.29, 1.82) is 0 Å². The van der Waals surface area contributed by atoms with Crippen LogP contribution in [0.15, 0.2) is 0 Å². The molecule has 8 N–H and O–H groups in total. The minimum absolute atomic E-state index is 0. The second-order valence-corrected chi connectivity index (χ2v) is 0. The minimum atomic E-state index is 0. The third kappa shape index (κ3) is 86.5. The van der Waals surface area contributed by atoms with Crippen molar-refractivity contribution < 1.29 is 86.7 Å². The van der Waals surface area contributed by atoms with Crippen molar-refractivity contribution in [3.63, 3.8) is 0 Å². The molecule has 0 amide bonds. The van der Waals surface area contributed by atoms with Crippen molar-refractivity contribution in [3.8, 4) is 0 Å². The van der Waals surface area contributed by atoms with E-state index in [2.05, 4.69) is 0 Å². The molecule has 0 heterocycles. The van der Waals surface area contributed by atoms with Gasteiger partial charge in [-0.1, -0.05) is 0 Å². The minimum Gasteiger partial charge on any atom is -0.693 e. The number of hydrogen-bond acceptors (Lipinski definition) is 0. The summed E-state index contributed by atoms with van der Waals surface area (Å²) in [6.07, 6.45) is 8.00. The van der Waals surface area contributed by atoms with Crippen LogP contribution in [-0.4, -0.2) is 0 Å². The Morgan fingerprint density at radius 3 is 0.625 bits per heavy atom. The molecule has 0 bridgehead atoms. The van der Waals surface area contributed by atoms with Gasteiger partial charge in [0.15, 0.2) is 0 Å². The van der Waals surface area contributed by atoms with Gasteiger partial charge < -0.3 is 24.5 Å². The van der Waals surface area contributed by atoms with E-state index in [9.17, 15) is 0 Å². The predicted octanol–water partition coefficient (Wildman–Crippen LogP) is -9.12. The summed E-state index contributed by atoms with van der Waals surface area (Å²) >= 11 is 0. The first-order valence-corrected chi connectivity index (χ1v) is 0. The summed E-state index contributed by atoms with van der Waals surface area (Å²) in [6.45, 7) is 0. The van der Waals surface area contributed by atoms with Crippen LogP contribution in [0, 0.1) is 0 Å². The molecule has 0 aromatic carbocycles. The van der Waals surface area contributed by atoms with Gasteiger partial charge in [0, 0.05) is 0 Å². The maximum atomic E-state index is 5.50. The summed E-state index contributed by atoms with van der Waals surface area (Å²) in [5.41, 5.74) is 0. The van der Waals surface area contributed by atoms with Crippen LogP contribution in [0.25, 0.3) is 24.5 Å². The van der Waals surface area contributed by atoms with Crippen LogP contribution in [0.2, 0.25) is 11.3 Å². The SMILES string of the molecule is [2H][N-][2H].[2H][N-][2H].[2H][N-][2H].[2H][N-][2H].[Li+].[Li+].[Li+].[Li+]. The average Bonchev–Trinajstić information content (AvgIpc) is 1.92. The molecule has 0 saturated heterocycles. The fraction of sp³-hybridized carbons (Fsp3) is 0. The van der Waals surface area contributed by atoms with Crippen LogP contribution in [0.4, 0.5) is 0 Å². The smallest absolute Gasteiger partial charge is 0.693 e. The Bertz CT molecular complexity index is 32.0. The second kappa shape index (κ2) is 126. The first kappa shape index (κ1) is 8.33. The molecule has 0 saturated carbocycles. The molecule has 0 fully saturated rings. The van der Waals surface area contributed by atoms with E-state index >= 15 is 0 Å². The molecule has 8 heteroatoms. The van der Waals surface area contributed by atoms with E-state index in [0.29, 0.717) is 0 Å². The molecule has 0 aromatic heterocycles. The standard InChI is InChI=1S/4Li.4H2N/h;;;;4*1H2/q4*+1;4*-1/i/hD8. The topological polar surface area (TPSA) is 134 Å². The van der Waals surface area contributed by atoms with Crippen LogP contribution >= 0.6 is 0 Å². The van der Waals surface area contributed by atoms with Gasteiger partial charge in [-0.3, -0.25) is 0 Å². The van der Waals surface area contributed by atoms with Gasteiger partial charge in [0.05, 0.1) is 0 Å². The van der Waals surface area contributed by atoms with Crippen LogP contribution in [0.1, 0.15) is 0 Å². The van der Waals surface area contributed by atoms with E-state index in [0.717, 1.165) is 0 Å². The molecule has 0 spiro atoms. The summed E-state index contributed by atoms with van der Waals surface area (Å²) in [5.74, 6) is 0. The van der Waals surface area contributed by atoms with Gasteiger partial charge in [-0.2, -0.15) is 11.3 Å². The van der Waals surface area contributed by atoms with E-state index in [1.165, 1.54) is 0 Å². The van der Waals surface area contributed by atoms with Crippen molar-refractivity contribution in [2.75, 3.05) is 0 Å². The zero-order chi connectivity index (χ0) is 10.8. The van der Waals surface area contributed by atoms with Crippen LogP contribution in [0.3, 0.4) is 0 Å². The summed E-state index contributed by atoms with van der Waals surface area (Å²) in [4.78, 5) is 0. The molecule has 8 heavy (non-hydrogen) atoms. The van der Waals surface area contributed by atoms with Gasteiger partial charge in [-0.05, 0) is 0 Å². The molecule has 0 aliphatic rings. The predicted molar refractivity (Wildman–Crippen MR) is 21.1 cm³/mol. The Hall–Kier alpha value is 2.23. The van der Waals surface area contributed by atoms with Crippen LogP contribution in [0.5, 0.6) is 0 Å². The molecular weight excluding hydrogens is 83.8 g/mol. The molecule has 0 unspecified atom stereocenters. The normalized spacial score (nSPS) is 10.0. The molecule has 0 atom stereocenters.